The SMILES string of the molecule is FC(F)(F)c1ccccc1-n1nc(-c2ccc3c(c2)OCO3)c2c1NCCCC2. The zero-order valence-electron chi connectivity index (χ0n) is 15.4. The maximum absolute atomic E-state index is 13.6. The Morgan fingerprint density at radius 1 is 1.00 bits per heavy atom. The molecule has 2 aliphatic rings. The average Bonchev–Trinajstić information content (AvgIpc) is 3.24. The molecule has 1 N–H and O–H groups in total. The number of nitrogens with one attached hydrogen (secondary N) is 1. The van der Waals surface area contributed by atoms with Crippen molar-refractivity contribution in [3.8, 4) is 28.4 Å². The molecule has 5 nitrogen and oxygen atoms in total. The molecule has 8 heteroatoms. The zero-order valence-corrected chi connectivity index (χ0v) is 15.4. The summed E-state index contributed by atoms with van der Waals surface area (Å²) in [5.41, 5.74) is 1.66. The maximum Gasteiger partial charge on any atom is 0.418 e. The van der Waals surface area contributed by atoms with Gasteiger partial charge in [-0.1, -0.05) is 12.1 Å². The number of fused-ring (bicyclic) bond motifs is 2. The predicted octanol–water partition coefficient (Wildman–Crippen LogP) is 5.04. The molecule has 0 atom stereocenters. The van der Waals surface area contributed by atoms with E-state index in [0.717, 1.165) is 36.5 Å². The fourth-order valence-corrected chi connectivity index (χ4v) is 3.85. The van der Waals surface area contributed by atoms with Gasteiger partial charge in [0.1, 0.15) is 5.82 Å². The Labute approximate surface area is 165 Å². The largest absolute Gasteiger partial charge is 0.454 e. The highest BCUT2D eigenvalue weighted by atomic mass is 19.4. The molecule has 3 heterocycles. The molecular formula is C21H18F3N3O2. The van der Waals surface area contributed by atoms with E-state index in [0.29, 0.717) is 29.6 Å². The van der Waals surface area contributed by atoms with Gasteiger partial charge in [0.2, 0.25) is 6.79 Å². The van der Waals surface area contributed by atoms with E-state index in [9.17, 15) is 13.2 Å². The van der Waals surface area contributed by atoms with E-state index in [2.05, 4.69) is 10.4 Å². The molecule has 29 heavy (non-hydrogen) atoms. The zero-order chi connectivity index (χ0) is 20.0. The van der Waals surface area contributed by atoms with Crippen LogP contribution >= 0.6 is 0 Å². The van der Waals surface area contributed by atoms with Crippen molar-refractivity contribution in [2.45, 2.75) is 25.4 Å². The summed E-state index contributed by atoms with van der Waals surface area (Å²) in [5.74, 6) is 1.88. The first-order valence-corrected chi connectivity index (χ1v) is 9.45. The van der Waals surface area contributed by atoms with Crippen LogP contribution in [0, 0.1) is 0 Å². The second-order valence-electron chi connectivity index (χ2n) is 7.05. The van der Waals surface area contributed by atoms with Gasteiger partial charge < -0.3 is 14.8 Å². The third kappa shape index (κ3) is 3.08. The van der Waals surface area contributed by atoms with Gasteiger partial charge in [-0.25, -0.2) is 4.68 Å². The minimum Gasteiger partial charge on any atom is -0.454 e. The lowest BCUT2D eigenvalue weighted by molar-refractivity contribution is -0.137. The highest BCUT2D eigenvalue weighted by Gasteiger charge is 2.35. The van der Waals surface area contributed by atoms with E-state index >= 15 is 0 Å². The maximum atomic E-state index is 13.6. The molecular weight excluding hydrogens is 383 g/mol. The molecule has 2 aliphatic heterocycles. The van der Waals surface area contributed by atoms with Gasteiger partial charge in [0, 0.05) is 17.7 Å². The van der Waals surface area contributed by atoms with Crippen LogP contribution in [0.2, 0.25) is 0 Å². The smallest absolute Gasteiger partial charge is 0.418 e. The highest BCUT2D eigenvalue weighted by molar-refractivity contribution is 5.73. The summed E-state index contributed by atoms with van der Waals surface area (Å²) in [6, 6.07) is 11.0. The van der Waals surface area contributed by atoms with E-state index in [1.54, 1.807) is 12.1 Å². The van der Waals surface area contributed by atoms with Gasteiger partial charge in [-0.15, -0.1) is 0 Å². The minimum atomic E-state index is -4.47. The third-order valence-corrected chi connectivity index (χ3v) is 5.21. The van der Waals surface area contributed by atoms with Crippen molar-refractivity contribution in [2.75, 3.05) is 18.7 Å². The van der Waals surface area contributed by atoms with Gasteiger partial charge in [0.15, 0.2) is 11.5 Å². The minimum absolute atomic E-state index is 0.0117. The number of hydrogen-bond acceptors (Lipinski definition) is 4. The number of rotatable bonds is 2. The molecule has 0 unspecified atom stereocenters. The number of para-hydroxylation sites is 1. The molecule has 150 valence electrons. The lowest BCUT2D eigenvalue weighted by atomic mass is 10.0. The number of aromatic nitrogens is 2. The number of benzene rings is 2. The van der Waals surface area contributed by atoms with Gasteiger partial charge >= 0.3 is 6.18 Å². The summed E-state index contributed by atoms with van der Waals surface area (Å²) in [7, 11) is 0. The summed E-state index contributed by atoms with van der Waals surface area (Å²) in [6.07, 6.45) is -1.86. The molecule has 3 aromatic rings. The summed E-state index contributed by atoms with van der Waals surface area (Å²) in [5, 5.41) is 7.92. The van der Waals surface area contributed by atoms with Crippen molar-refractivity contribution in [1.29, 1.82) is 0 Å². The molecule has 5 rings (SSSR count). The van der Waals surface area contributed by atoms with Crippen LogP contribution in [-0.4, -0.2) is 23.1 Å². The molecule has 1 aromatic heterocycles. The van der Waals surface area contributed by atoms with Crippen molar-refractivity contribution in [3.05, 3.63) is 53.6 Å². The first kappa shape index (κ1) is 17.9. The monoisotopic (exact) mass is 401 g/mol. The molecule has 0 aliphatic carbocycles. The molecule has 0 amide bonds. The van der Waals surface area contributed by atoms with Crippen LogP contribution in [0.3, 0.4) is 0 Å². The fourth-order valence-electron chi connectivity index (χ4n) is 3.85. The second-order valence-corrected chi connectivity index (χ2v) is 7.05. The molecule has 0 saturated carbocycles. The second kappa shape index (κ2) is 6.72. The standard InChI is InChI=1S/C21H18F3N3O2/c22-21(23,24)15-6-1-2-7-16(15)27-20-14(5-3-4-10-25-20)19(26-27)13-8-9-17-18(11-13)29-12-28-17/h1-2,6-9,11,25H,3-5,10,12H2. The van der Waals surface area contributed by atoms with Crippen molar-refractivity contribution < 1.29 is 22.6 Å². The molecule has 0 spiro atoms. The van der Waals surface area contributed by atoms with Crippen molar-refractivity contribution in [2.24, 2.45) is 0 Å². The first-order valence-electron chi connectivity index (χ1n) is 9.45. The highest BCUT2D eigenvalue weighted by Crippen LogP contribution is 2.41. The summed E-state index contributed by atoms with van der Waals surface area (Å²) < 4.78 is 53.1. The predicted molar refractivity (Wildman–Crippen MR) is 102 cm³/mol. The van der Waals surface area contributed by atoms with Crippen molar-refractivity contribution >= 4 is 5.82 Å². The van der Waals surface area contributed by atoms with E-state index in [4.69, 9.17) is 9.47 Å². The summed E-state index contributed by atoms with van der Waals surface area (Å²) in [6.45, 7) is 0.847. The lowest BCUT2D eigenvalue weighted by Crippen LogP contribution is -2.14. The Morgan fingerprint density at radius 3 is 2.69 bits per heavy atom. The average molecular weight is 401 g/mol. The number of nitrogens with zero attached hydrogens (tertiary/aromatic N) is 2. The van der Waals surface area contributed by atoms with Crippen LogP contribution in [-0.2, 0) is 12.6 Å². The van der Waals surface area contributed by atoms with Crippen molar-refractivity contribution in [1.82, 2.24) is 9.78 Å². The molecule has 0 saturated heterocycles. The quantitative estimate of drug-likeness (QED) is 0.654. The molecule has 0 bridgehead atoms. The topological polar surface area (TPSA) is 48.3 Å². The van der Waals surface area contributed by atoms with Crippen LogP contribution in [0.1, 0.15) is 24.0 Å². The molecule has 0 radical (unpaired) electrons. The van der Waals surface area contributed by atoms with Crippen LogP contribution in [0.4, 0.5) is 19.0 Å². The Morgan fingerprint density at radius 2 is 1.83 bits per heavy atom. The molecule has 2 aromatic carbocycles. The van der Waals surface area contributed by atoms with E-state index in [-0.39, 0.29) is 12.5 Å². The van der Waals surface area contributed by atoms with Crippen molar-refractivity contribution in [3.63, 3.8) is 0 Å². The summed E-state index contributed by atoms with van der Waals surface area (Å²) >= 11 is 0. The first-order chi connectivity index (χ1) is 14.0. The Balaban J connectivity index is 1.71. The van der Waals surface area contributed by atoms with Crippen LogP contribution in [0.5, 0.6) is 11.5 Å². The molecule has 0 fully saturated rings. The normalized spacial score (nSPS) is 15.6. The Bertz CT molecular complexity index is 1080. The number of anilines is 1. The van der Waals surface area contributed by atoms with Gasteiger partial charge in [0.05, 0.1) is 16.9 Å². The lowest BCUT2D eigenvalue weighted by Gasteiger charge is -2.15. The third-order valence-electron chi connectivity index (χ3n) is 5.21. The summed E-state index contributed by atoms with van der Waals surface area (Å²) in [4.78, 5) is 0. The Kier molecular flexibility index (Phi) is 4.15. The number of alkyl halides is 3. The number of halogens is 3. The number of hydrogen-bond donors (Lipinski definition) is 1. The van der Waals surface area contributed by atoms with Crippen LogP contribution in [0.15, 0.2) is 42.5 Å². The van der Waals surface area contributed by atoms with Gasteiger partial charge in [-0.2, -0.15) is 18.3 Å². The van der Waals surface area contributed by atoms with E-state index < -0.39 is 11.7 Å². The van der Waals surface area contributed by atoms with Crippen LogP contribution in [0.25, 0.3) is 16.9 Å². The Hall–Kier alpha value is -3.16. The van der Waals surface area contributed by atoms with Gasteiger partial charge in [0.25, 0.3) is 0 Å². The fraction of sp³-hybridized carbons (Fsp3) is 0.286. The van der Waals surface area contributed by atoms with E-state index in [1.807, 2.05) is 12.1 Å². The van der Waals surface area contributed by atoms with E-state index in [1.165, 1.54) is 16.8 Å². The van der Waals surface area contributed by atoms with Gasteiger partial charge in [-0.3, -0.25) is 0 Å². The number of ether oxygens (including phenoxy) is 2. The van der Waals surface area contributed by atoms with Gasteiger partial charge in [-0.05, 0) is 49.6 Å². The van der Waals surface area contributed by atoms with Crippen LogP contribution < -0.4 is 14.8 Å².